The Hall–Kier alpha value is -2.82. The number of urea groups is 1. The van der Waals surface area contributed by atoms with Gasteiger partial charge in [-0.2, -0.15) is 4.37 Å². The first-order valence-electron chi connectivity index (χ1n) is 8.81. The lowest BCUT2D eigenvalue weighted by molar-refractivity contribution is 0.0996. The van der Waals surface area contributed by atoms with Gasteiger partial charge in [-0.15, -0.1) is 0 Å². The molecule has 0 aliphatic heterocycles. The van der Waals surface area contributed by atoms with Crippen LogP contribution in [0.15, 0.2) is 36.9 Å². The molecule has 3 rings (SSSR count). The van der Waals surface area contributed by atoms with E-state index in [1.807, 2.05) is 10.8 Å². The van der Waals surface area contributed by atoms with Gasteiger partial charge >= 0.3 is 6.03 Å². The molecular formula is C18H18Cl2N6O3S. The van der Waals surface area contributed by atoms with Crippen molar-refractivity contribution in [2.45, 2.75) is 19.6 Å². The van der Waals surface area contributed by atoms with Crippen molar-refractivity contribution in [3.05, 3.63) is 58.1 Å². The van der Waals surface area contributed by atoms with Gasteiger partial charge in [-0.05, 0) is 24.0 Å². The van der Waals surface area contributed by atoms with E-state index in [0.717, 1.165) is 18.1 Å². The first-order valence-corrected chi connectivity index (χ1v) is 10.3. The molecule has 0 aliphatic rings. The fourth-order valence-electron chi connectivity index (χ4n) is 2.51. The van der Waals surface area contributed by atoms with Crippen molar-refractivity contribution in [1.82, 2.24) is 19.2 Å². The van der Waals surface area contributed by atoms with Crippen LogP contribution in [0.2, 0.25) is 10.0 Å². The van der Waals surface area contributed by atoms with Gasteiger partial charge in [0.2, 0.25) is 5.88 Å². The number of hydrogen-bond acceptors (Lipinski definition) is 6. The van der Waals surface area contributed by atoms with Crippen LogP contribution in [0.5, 0.6) is 5.88 Å². The summed E-state index contributed by atoms with van der Waals surface area (Å²) in [7, 11) is 0. The Morgan fingerprint density at radius 1 is 1.30 bits per heavy atom. The van der Waals surface area contributed by atoms with Crippen LogP contribution in [0, 0.1) is 0 Å². The van der Waals surface area contributed by atoms with Crippen molar-refractivity contribution in [3.8, 4) is 5.88 Å². The number of primary amides is 1. The summed E-state index contributed by atoms with van der Waals surface area (Å²) in [6.45, 7) is 1.19. The number of imidazole rings is 1. The number of carbonyl (C=O) groups is 2. The number of hydrogen-bond donors (Lipinski definition) is 3. The Morgan fingerprint density at radius 3 is 2.87 bits per heavy atom. The standard InChI is InChI=1S/C18H18Cl2N6O3S/c19-12-4-1-3-11(14(12)20)9-29-16-13(15(21)27)17(30-25-16)24-18(28)23-5-2-7-26-8-6-22-10-26/h1,3-4,6,8,10H,2,5,7,9H2,(H2,21,27)(H2,23,24,28). The Kier molecular flexibility index (Phi) is 7.50. The third-order valence-corrected chi connectivity index (χ3v) is 5.57. The second-order valence-corrected chi connectivity index (χ2v) is 7.65. The second kappa shape index (κ2) is 10.3. The summed E-state index contributed by atoms with van der Waals surface area (Å²) in [6.07, 6.45) is 5.95. The molecule has 0 aliphatic carbocycles. The number of nitrogens with one attached hydrogen (secondary N) is 2. The van der Waals surface area contributed by atoms with Gasteiger partial charge < -0.3 is 20.4 Å². The molecule has 2 aromatic heterocycles. The highest BCUT2D eigenvalue weighted by atomic mass is 35.5. The summed E-state index contributed by atoms with van der Waals surface area (Å²) in [5.41, 5.74) is 6.07. The van der Waals surface area contributed by atoms with Crippen molar-refractivity contribution in [2.75, 3.05) is 11.9 Å². The summed E-state index contributed by atoms with van der Waals surface area (Å²) in [6, 6.07) is 4.64. The van der Waals surface area contributed by atoms with Crippen LogP contribution >= 0.6 is 34.7 Å². The molecule has 3 amide bonds. The van der Waals surface area contributed by atoms with Crippen LogP contribution in [-0.2, 0) is 13.2 Å². The lowest BCUT2D eigenvalue weighted by Crippen LogP contribution is -2.30. The van der Waals surface area contributed by atoms with Crippen molar-refractivity contribution in [3.63, 3.8) is 0 Å². The van der Waals surface area contributed by atoms with E-state index in [1.165, 1.54) is 0 Å². The highest BCUT2D eigenvalue weighted by Crippen LogP contribution is 2.32. The largest absolute Gasteiger partial charge is 0.472 e. The van der Waals surface area contributed by atoms with E-state index in [9.17, 15) is 9.59 Å². The molecule has 12 heteroatoms. The van der Waals surface area contributed by atoms with Gasteiger partial charge in [-0.1, -0.05) is 35.3 Å². The lowest BCUT2D eigenvalue weighted by Gasteiger charge is -2.09. The van der Waals surface area contributed by atoms with Crippen LogP contribution in [0.25, 0.3) is 0 Å². The maximum atomic E-state index is 12.1. The predicted molar refractivity (Wildman–Crippen MR) is 115 cm³/mol. The summed E-state index contributed by atoms with van der Waals surface area (Å²) in [5.74, 6) is -0.759. The first kappa shape index (κ1) is 21.9. The minimum atomic E-state index is -0.772. The maximum absolute atomic E-state index is 12.1. The van der Waals surface area contributed by atoms with Gasteiger partial charge in [0.25, 0.3) is 5.91 Å². The van der Waals surface area contributed by atoms with E-state index in [-0.39, 0.29) is 23.1 Å². The molecule has 30 heavy (non-hydrogen) atoms. The Bertz CT molecular complexity index is 1030. The molecule has 0 fully saturated rings. The Labute approximate surface area is 186 Å². The second-order valence-electron chi connectivity index (χ2n) is 6.09. The Morgan fingerprint density at radius 2 is 2.13 bits per heavy atom. The summed E-state index contributed by atoms with van der Waals surface area (Å²) < 4.78 is 11.6. The average Bonchev–Trinajstić information content (AvgIpc) is 3.36. The molecule has 0 unspecified atom stereocenters. The monoisotopic (exact) mass is 468 g/mol. The quantitative estimate of drug-likeness (QED) is 0.414. The minimum absolute atomic E-state index is 0.00767. The number of ether oxygens (including phenoxy) is 1. The predicted octanol–water partition coefficient (Wildman–Crippen LogP) is 3.54. The molecule has 2 heterocycles. The van der Waals surface area contributed by atoms with Gasteiger partial charge in [-0.25, -0.2) is 9.78 Å². The smallest absolute Gasteiger partial charge is 0.319 e. The first-order chi connectivity index (χ1) is 14.5. The molecule has 0 atom stereocenters. The molecule has 3 aromatic rings. The summed E-state index contributed by atoms with van der Waals surface area (Å²) in [4.78, 5) is 28.0. The average molecular weight is 469 g/mol. The van der Waals surface area contributed by atoms with E-state index in [4.69, 9.17) is 33.7 Å². The number of benzene rings is 1. The minimum Gasteiger partial charge on any atom is -0.472 e. The molecule has 4 N–H and O–H groups in total. The van der Waals surface area contributed by atoms with Gasteiger partial charge in [0, 0.05) is 31.0 Å². The number of rotatable bonds is 9. The van der Waals surface area contributed by atoms with Gasteiger partial charge in [-0.3, -0.25) is 10.1 Å². The SMILES string of the molecule is NC(=O)c1c(OCc2cccc(Cl)c2Cl)nsc1NC(=O)NCCCn1ccnc1. The number of aryl methyl sites for hydroxylation is 1. The molecule has 0 bridgehead atoms. The number of halogens is 2. The molecule has 0 saturated heterocycles. The zero-order valence-electron chi connectivity index (χ0n) is 15.6. The van der Waals surface area contributed by atoms with Crippen LogP contribution < -0.4 is 21.1 Å². The summed E-state index contributed by atoms with van der Waals surface area (Å²) in [5, 5.41) is 6.23. The van der Waals surface area contributed by atoms with Crippen molar-refractivity contribution in [1.29, 1.82) is 0 Å². The van der Waals surface area contributed by atoms with Crippen molar-refractivity contribution >= 4 is 51.7 Å². The molecule has 158 valence electrons. The Balaban J connectivity index is 1.57. The molecule has 1 aromatic carbocycles. The molecule has 0 saturated carbocycles. The number of nitrogens with zero attached hydrogens (tertiary/aromatic N) is 3. The van der Waals surface area contributed by atoms with E-state index >= 15 is 0 Å². The lowest BCUT2D eigenvalue weighted by atomic mass is 10.2. The van der Waals surface area contributed by atoms with E-state index in [1.54, 1.807) is 30.7 Å². The van der Waals surface area contributed by atoms with E-state index < -0.39 is 11.9 Å². The zero-order valence-corrected chi connectivity index (χ0v) is 17.9. The van der Waals surface area contributed by atoms with Crippen molar-refractivity contribution < 1.29 is 14.3 Å². The van der Waals surface area contributed by atoms with Gasteiger partial charge in [0.05, 0.1) is 16.4 Å². The fraction of sp³-hybridized carbons (Fsp3) is 0.222. The van der Waals surface area contributed by atoms with Crippen LogP contribution in [0.1, 0.15) is 22.3 Å². The highest BCUT2D eigenvalue weighted by molar-refractivity contribution is 7.11. The third kappa shape index (κ3) is 5.62. The number of nitrogens with two attached hydrogens (primary N) is 1. The number of anilines is 1. The fourth-order valence-corrected chi connectivity index (χ4v) is 3.62. The van der Waals surface area contributed by atoms with E-state index in [0.29, 0.717) is 28.6 Å². The molecule has 0 spiro atoms. The zero-order chi connectivity index (χ0) is 21.5. The molecular weight excluding hydrogens is 451 g/mol. The number of amides is 3. The summed E-state index contributed by atoms with van der Waals surface area (Å²) >= 11 is 13.0. The van der Waals surface area contributed by atoms with Gasteiger partial charge in [0.1, 0.15) is 17.2 Å². The molecule has 9 nitrogen and oxygen atoms in total. The van der Waals surface area contributed by atoms with Crippen LogP contribution in [0.4, 0.5) is 9.80 Å². The van der Waals surface area contributed by atoms with Crippen LogP contribution in [-0.4, -0.2) is 32.4 Å². The normalized spacial score (nSPS) is 10.6. The van der Waals surface area contributed by atoms with E-state index in [2.05, 4.69) is 20.0 Å². The van der Waals surface area contributed by atoms with Crippen molar-refractivity contribution in [2.24, 2.45) is 5.73 Å². The highest BCUT2D eigenvalue weighted by Gasteiger charge is 2.22. The number of aromatic nitrogens is 3. The van der Waals surface area contributed by atoms with Gasteiger partial charge in [0.15, 0.2) is 0 Å². The molecule has 0 radical (unpaired) electrons. The maximum Gasteiger partial charge on any atom is 0.319 e. The van der Waals surface area contributed by atoms with Crippen LogP contribution in [0.3, 0.4) is 0 Å². The topological polar surface area (TPSA) is 124 Å². The number of carbonyl (C=O) groups excluding carboxylic acids is 2. The third-order valence-electron chi connectivity index (χ3n) is 3.97.